The largest absolute Gasteiger partial charge is 0.340 e. The van der Waals surface area contributed by atoms with E-state index in [1.165, 1.54) is 18.3 Å². The highest BCUT2D eigenvalue weighted by Crippen LogP contribution is 2.27. The Labute approximate surface area is 177 Å². The summed E-state index contributed by atoms with van der Waals surface area (Å²) in [6, 6.07) is 18.7. The summed E-state index contributed by atoms with van der Waals surface area (Å²) >= 11 is 6.36. The number of aromatic nitrogens is 2. The SMILES string of the molecule is Cc1c(/C=N\Nc2ncccc2[N+](=O)[O-])c2ccccc2n1Cc1ccccc1Cl. The Morgan fingerprint density at radius 1 is 1.17 bits per heavy atom. The molecular formula is C22H18ClN5O2. The Morgan fingerprint density at radius 2 is 1.93 bits per heavy atom. The predicted molar refractivity (Wildman–Crippen MR) is 119 cm³/mol. The molecule has 0 spiro atoms. The Hall–Kier alpha value is -3.71. The molecule has 8 heteroatoms. The van der Waals surface area contributed by atoms with E-state index in [0.717, 1.165) is 27.7 Å². The van der Waals surface area contributed by atoms with Gasteiger partial charge < -0.3 is 4.57 Å². The van der Waals surface area contributed by atoms with Crippen LogP contribution in [0.3, 0.4) is 0 Å². The van der Waals surface area contributed by atoms with Crippen molar-refractivity contribution in [3.8, 4) is 0 Å². The summed E-state index contributed by atoms with van der Waals surface area (Å²) in [5.41, 5.74) is 6.57. The molecule has 1 N–H and O–H groups in total. The number of hydrazone groups is 1. The molecule has 30 heavy (non-hydrogen) atoms. The van der Waals surface area contributed by atoms with E-state index in [2.05, 4.69) is 20.1 Å². The number of rotatable bonds is 6. The van der Waals surface area contributed by atoms with Crippen molar-refractivity contribution in [1.82, 2.24) is 9.55 Å². The van der Waals surface area contributed by atoms with Gasteiger partial charge in [-0.2, -0.15) is 5.10 Å². The van der Waals surface area contributed by atoms with Crippen molar-refractivity contribution in [1.29, 1.82) is 0 Å². The van der Waals surface area contributed by atoms with Crippen molar-refractivity contribution < 1.29 is 4.92 Å². The van der Waals surface area contributed by atoms with Gasteiger partial charge in [-0.05, 0) is 30.7 Å². The monoisotopic (exact) mass is 419 g/mol. The highest BCUT2D eigenvalue weighted by molar-refractivity contribution is 6.31. The van der Waals surface area contributed by atoms with Gasteiger partial charge in [0.1, 0.15) is 0 Å². The first-order valence-corrected chi connectivity index (χ1v) is 9.64. The second-order valence-electron chi connectivity index (χ2n) is 6.69. The van der Waals surface area contributed by atoms with Crippen LogP contribution in [0.5, 0.6) is 0 Å². The van der Waals surface area contributed by atoms with E-state index in [1.54, 1.807) is 6.21 Å². The minimum absolute atomic E-state index is 0.0937. The molecule has 0 unspecified atom stereocenters. The number of anilines is 1. The van der Waals surface area contributed by atoms with E-state index >= 15 is 0 Å². The van der Waals surface area contributed by atoms with E-state index in [0.29, 0.717) is 11.6 Å². The van der Waals surface area contributed by atoms with E-state index in [4.69, 9.17) is 11.6 Å². The lowest BCUT2D eigenvalue weighted by molar-refractivity contribution is -0.384. The molecule has 2 aromatic heterocycles. The summed E-state index contributed by atoms with van der Waals surface area (Å²) in [6.07, 6.45) is 3.14. The average Bonchev–Trinajstić information content (AvgIpc) is 3.01. The Morgan fingerprint density at radius 3 is 2.73 bits per heavy atom. The van der Waals surface area contributed by atoms with Crippen LogP contribution in [0.15, 0.2) is 72.0 Å². The van der Waals surface area contributed by atoms with Gasteiger partial charge in [-0.3, -0.25) is 15.5 Å². The number of nitrogens with zero attached hydrogens (tertiary/aromatic N) is 4. The summed E-state index contributed by atoms with van der Waals surface area (Å²) in [7, 11) is 0. The van der Waals surface area contributed by atoms with E-state index in [9.17, 15) is 10.1 Å². The standard InChI is InChI=1S/C22H18ClN5O2/c1-15-18(13-25-26-22-21(28(29)30)11-6-12-24-22)17-8-3-5-10-20(17)27(15)14-16-7-2-4-9-19(16)23/h2-13H,14H2,1H3,(H,24,26)/b25-13-. The Bertz CT molecular complexity index is 1270. The van der Waals surface area contributed by atoms with Crippen LogP contribution in [0, 0.1) is 17.0 Å². The second-order valence-corrected chi connectivity index (χ2v) is 7.10. The second kappa shape index (κ2) is 8.34. The number of halogens is 1. The molecule has 0 aliphatic carbocycles. The molecule has 4 aromatic rings. The van der Waals surface area contributed by atoms with Crippen LogP contribution in [0.1, 0.15) is 16.8 Å². The summed E-state index contributed by atoms with van der Waals surface area (Å²) < 4.78 is 2.18. The average molecular weight is 420 g/mol. The molecule has 0 aliphatic rings. The van der Waals surface area contributed by atoms with Gasteiger partial charge in [0.15, 0.2) is 0 Å². The molecule has 7 nitrogen and oxygen atoms in total. The van der Waals surface area contributed by atoms with Crippen LogP contribution in [0.4, 0.5) is 11.5 Å². The number of hydrogen-bond donors (Lipinski definition) is 1. The molecule has 150 valence electrons. The molecule has 0 saturated heterocycles. The summed E-state index contributed by atoms with van der Waals surface area (Å²) in [4.78, 5) is 14.7. The highest BCUT2D eigenvalue weighted by atomic mass is 35.5. The molecule has 0 atom stereocenters. The van der Waals surface area contributed by atoms with Crippen LogP contribution in [0.25, 0.3) is 10.9 Å². The number of fused-ring (bicyclic) bond motifs is 1. The summed E-state index contributed by atoms with van der Waals surface area (Å²) in [5, 5.41) is 17.1. The van der Waals surface area contributed by atoms with Gasteiger partial charge in [0.05, 0.1) is 11.1 Å². The topological polar surface area (TPSA) is 85.3 Å². The van der Waals surface area contributed by atoms with Gasteiger partial charge >= 0.3 is 5.69 Å². The lowest BCUT2D eigenvalue weighted by Crippen LogP contribution is -2.03. The minimum Gasteiger partial charge on any atom is -0.340 e. The van der Waals surface area contributed by atoms with Crippen LogP contribution >= 0.6 is 11.6 Å². The predicted octanol–water partition coefficient (Wildman–Crippen LogP) is 5.40. The minimum atomic E-state index is -0.494. The molecule has 0 bridgehead atoms. The lowest BCUT2D eigenvalue weighted by atomic mass is 10.1. The van der Waals surface area contributed by atoms with Crippen molar-refractivity contribution in [3.63, 3.8) is 0 Å². The van der Waals surface area contributed by atoms with Gasteiger partial charge in [0, 0.05) is 46.0 Å². The zero-order valence-electron chi connectivity index (χ0n) is 16.1. The normalized spacial score (nSPS) is 11.3. The molecular weight excluding hydrogens is 402 g/mol. The van der Waals surface area contributed by atoms with Crippen molar-refractivity contribution in [2.24, 2.45) is 5.10 Å². The fraction of sp³-hybridized carbons (Fsp3) is 0.0909. The zero-order chi connectivity index (χ0) is 21.1. The third-order valence-electron chi connectivity index (χ3n) is 4.91. The highest BCUT2D eigenvalue weighted by Gasteiger charge is 2.15. The van der Waals surface area contributed by atoms with Crippen LogP contribution in [0.2, 0.25) is 5.02 Å². The van der Waals surface area contributed by atoms with Gasteiger partial charge in [-0.25, -0.2) is 4.98 Å². The maximum Gasteiger partial charge on any atom is 0.313 e. The molecule has 4 rings (SSSR count). The lowest BCUT2D eigenvalue weighted by Gasteiger charge is -2.10. The van der Waals surface area contributed by atoms with E-state index in [1.807, 2.05) is 55.5 Å². The van der Waals surface area contributed by atoms with E-state index in [-0.39, 0.29) is 11.5 Å². The number of benzene rings is 2. The van der Waals surface area contributed by atoms with Crippen molar-refractivity contribution in [3.05, 3.63) is 98.8 Å². The third-order valence-corrected chi connectivity index (χ3v) is 5.28. The van der Waals surface area contributed by atoms with Gasteiger partial charge in [0.25, 0.3) is 0 Å². The van der Waals surface area contributed by atoms with E-state index < -0.39 is 4.92 Å². The molecule has 0 amide bonds. The molecule has 0 aliphatic heterocycles. The van der Waals surface area contributed by atoms with Crippen molar-refractivity contribution in [2.45, 2.75) is 13.5 Å². The van der Waals surface area contributed by atoms with Crippen LogP contribution in [-0.2, 0) is 6.54 Å². The molecule has 2 heterocycles. The number of para-hydroxylation sites is 1. The molecule has 2 aromatic carbocycles. The Kier molecular flexibility index (Phi) is 5.45. The summed E-state index contributed by atoms with van der Waals surface area (Å²) in [6.45, 7) is 2.64. The summed E-state index contributed by atoms with van der Waals surface area (Å²) in [5.74, 6) is 0.0937. The van der Waals surface area contributed by atoms with Gasteiger partial charge in [0.2, 0.25) is 5.82 Å². The fourth-order valence-electron chi connectivity index (χ4n) is 3.41. The van der Waals surface area contributed by atoms with Crippen molar-refractivity contribution >= 4 is 40.2 Å². The Balaban J connectivity index is 1.70. The first-order chi connectivity index (χ1) is 14.6. The van der Waals surface area contributed by atoms with Crippen LogP contribution < -0.4 is 5.43 Å². The van der Waals surface area contributed by atoms with Crippen molar-refractivity contribution in [2.75, 3.05) is 5.43 Å². The number of nitrogens with one attached hydrogen (secondary N) is 1. The zero-order valence-corrected chi connectivity index (χ0v) is 16.9. The smallest absolute Gasteiger partial charge is 0.313 e. The van der Waals surface area contributed by atoms with Gasteiger partial charge in [-0.1, -0.05) is 48.0 Å². The molecule has 0 radical (unpaired) electrons. The molecule has 0 fully saturated rings. The number of pyridine rings is 1. The quantitative estimate of drug-likeness (QED) is 0.257. The molecule has 0 saturated carbocycles. The fourth-order valence-corrected chi connectivity index (χ4v) is 3.61. The number of nitro groups is 1. The first-order valence-electron chi connectivity index (χ1n) is 9.26. The maximum absolute atomic E-state index is 11.1. The third kappa shape index (κ3) is 3.75. The number of hydrogen-bond acceptors (Lipinski definition) is 5. The van der Waals surface area contributed by atoms with Crippen LogP contribution in [-0.4, -0.2) is 20.7 Å². The van der Waals surface area contributed by atoms with Gasteiger partial charge in [-0.15, -0.1) is 0 Å². The first kappa shape index (κ1) is 19.6. The maximum atomic E-state index is 11.1.